The van der Waals surface area contributed by atoms with Crippen molar-refractivity contribution in [2.45, 2.75) is 43.7 Å². The first kappa shape index (κ1) is 12.7. The van der Waals surface area contributed by atoms with Crippen LogP contribution in [-0.2, 0) is 4.74 Å². The lowest BCUT2D eigenvalue weighted by Gasteiger charge is -2.48. The van der Waals surface area contributed by atoms with Crippen molar-refractivity contribution in [3.05, 3.63) is 22.6 Å². The van der Waals surface area contributed by atoms with Gasteiger partial charge in [-0.1, -0.05) is 0 Å². The summed E-state index contributed by atoms with van der Waals surface area (Å²) in [7, 11) is 2.03. The molecule has 0 bridgehead atoms. The lowest BCUT2D eigenvalue weighted by Crippen LogP contribution is -2.47. The summed E-state index contributed by atoms with van der Waals surface area (Å²) >= 11 is 3.50. The molecule has 1 N–H and O–H groups in total. The fourth-order valence-electron chi connectivity index (χ4n) is 3.44. The van der Waals surface area contributed by atoms with Gasteiger partial charge in [0.2, 0.25) is 0 Å². The zero-order chi connectivity index (χ0) is 12.6. The minimum atomic E-state index is 0.203. The molecule has 4 heteroatoms. The Morgan fingerprint density at radius 2 is 2.33 bits per heavy atom. The van der Waals surface area contributed by atoms with Crippen molar-refractivity contribution in [3.8, 4) is 0 Å². The second-order valence-corrected chi connectivity index (χ2v) is 6.27. The molecule has 0 aromatic carbocycles. The fraction of sp³-hybridized carbons (Fsp3) is 0.714. The van der Waals surface area contributed by atoms with E-state index < -0.39 is 0 Å². The van der Waals surface area contributed by atoms with Crippen molar-refractivity contribution >= 4 is 15.9 Å². The van der Waals surface area contributed by atoms with E-state index in [1.54, 1.807) is 6.26 Å². The van der Waals surface area contributed by atoms with E-state index in [1.807, 2.05) is 7.05 Å². The molecular weight excluding hydrogens is 294 g/mol. The number of rotatable bonds is 3. The van der Waals surface area contributed by atoms with E-state index >= 15 is 0 Å². The van der Waals surface area contributed by atoms with Crippen LogP contribution in [0.1, 0.15) is 43.7 Å². The molecule has 2 atom stereocenters. The third kappa shape index (κ3) is 2.15. The van der Waals surface area contributed by atoms with Gasteiger partial charge in [0.15, 0.2) is 4.67 Å². The van der Waals surface area contributed by atoms with Gasteiger partial charge in [-0.05, 0) is 67.1 Å². The Hall–Kier alpha value is -0.320. The highest BCUT2D eigenvalue weighted by Gasteiger charge is 2.44. The smallest absolute Gasteiger partial charge is 0.173 e. The van der Waals surface area contributed by atoms with E-state index in [1.165, 1.54) is 31.2 Å². The maximum atomic E-state index is 6.01. The molecule has 0 radical (unpaired) electrons. The van der Waals surface area contributed by atoms with E-state index in [2.05, 4.69) is 27.3 Å². The van der Waals surface area contributed by atoms with E-state index in [0.29, 0.717) is 12.0 Å². The molecule has 0 amide bonds. The molecule has 18 heavy (non-hydrogen) atoms. The van der Waals surface area contributed by atoms with Crippen LogP contribution in [0.4, 0.5) is 0 Å². The zero-order valence-electron chi connectivity index (χ0n) is 10.7. The molecule has 1 spiro atoms. The Kier molecular flexibility index (Phi) is 3.52. The van der Waals surface area contributed by atoms with Crippen molar-refractivity contribution in [3.63, 3.8) is 0 Å². The number of hydrogen-bond donors (Lipinski definition) is 1. The summed E-state index contributed by atoms with van der Waals surface area (Å²) in [5.74, 6) is 0.637. The Bertz CT molecular complexity index is 414. The third-order valence-corrected chi connectivity index (χ3v) is 5.20. The highest BCUT2D eigenvalue weighted by Crippen LogP contribution is 2.47. The molecule has 3 nitrogen and oxygen atoms in total. The largest absolute Gasteiger partial charge is 0.457 e. The molecule has 2 heterocycles. The second kappa shape index (κ2) is 4.99. The van der Waals surface area contributed by atoms with Gasteiger partial charge in [0, 0.05) is 18.2 Å². The van der Waals surface area contributed by atoms with E-state index in [-0.39, 0.29) is 5.60 Å². The average Bonchev–Trinajstić information content (AvgIpc) is 2.75. The molecule has 2 aliphatic rings. The van der Waals surface area contributed by atoms with Crippen LogP contribution in [0, 0.1) is 5.92 Å². The number of ether oxygens (including phenoxy) is 1. The predicted octanol–water partition coefficient (Wildman–Crippen LogP) is 3.65. The molecule has 1 saturated heterocycles. The number of furan rings is 1. The summed E-state index contributed by atoms with van der Waals surface area (Å²) in [6, 6.07) is 2.42. The molecule has 2 fully saturated rings. The van der Waals surface area contributed by atoms with Crippen LogP contribution in [0.3, 0.4) is 0 Å². The molecule has 100 valence electrons. The monoisotopic (exact) mass is 313 g/mol. The standard InChI is InChI=1S/C14H20BrNO2/c1-16-12(11-4-7-17-13(11)15)10-3-8-18-14(9-10)5-2-6-14/h4,7,10,12,16H,2-3,5-6,8-9H2,1H3. The van der Waals surface area contributed by atoms with Crippen LogP contribution in [-0.4, -0.2) is 19.3 Å². The zero-order valence-corrected chi connectivity index (χ0v) is 12.3. The van der Waals surface area contributed by atoms with Gasteiger partial charge in [0.25, 0.3) is 0 Å². The summed E-state index contributed by atoms with van der Waals surface area (Å²) in [4.78, 5) is 0. The maximum absolute atomic E-state index is 6.01. The second-order valence-electron chi connectivity index (χ2n) is 5.55. The average molecular weight is 314 g/mol. The van der Waals surface area contributed by atoms with Crippen LogP contribution in [0.5, 0.6) is 0 Å². The van der Waals surface area contributed by atoms with Crippen molar-refractivity contribution in [2.75, 3.05) is 13.7 Å². The van der Waals surface area contributed by atoms with Gasteiger partial charge in [-0.15, -0.1) is 0 Å². The molecule has 1 aliphatic heterocycles. The van der Waals surface area contributed by atoms with Gasteiger partial charge in [-0.25, -0.2) is 0 Å². The summed E-state index contributed by atoms with van der Waals surface area (Å²) in [5, 5.41) is 3.46. The molecule has 1 saturated carbocycles. The summed E-state index contributed by atoms with van der Waals surface area (Å²) in [6.45, 7) is 0.901. The van der Waals surface area contributed by atoms with E-state index in [0.717, 1.165) is 17.7 Å². The lowest BCUT2D eigenvalue weighted by atomic mass is 9.70. The number of hydrogen-bond acceptors (Lipinski definition) is 3. The van der Waals surface area contributed by atoms with Crippen LogP contribution in [0.15, 0.2) is 21.4 Å². The highest BCUT2D eigenvalue weighted by atomic mass is 79.9. The Morgan fingerprint density at radius 1 is 1.50 bits per heavy atom. The minimum absolute atomic E-state index is 0.203. The normalized spacial score (nSPS) is 28.0. The predicted molar refractivity (Wildman–Crippen MR) is 73.5 cm³/mol. The fourth-order valence-corrected chi connectivity index (χ4v) is 3.93. The maximum Gasteiger partial charge on any atom is 0.173 e. The number of nitrogens with one attached hydrogen (secondary N) is 1. The van der Waals surface area contributed by atoms with Crippen LogP contribution in [0.2, 0.25) is 0 Å². The van der Waals surface area contributed by atoms with Crippen molar-refractivity contribution < 1.29 is 9.15 Å². The van der Waals surface area contributed by atoms with Gasteiger partial charge < -0.3 is 14.5 Å². The quantitative estimate of drug-likeness (QED) is 0.925. The minimum Gasteiger partial charge on any atom is -0.457 e. The Morgan fingerprint density at radius 3 is 2.89 bits per heavy atom. The van der Waals surface area contributed by atoms with Crippen LogP contribution in [0.25, 0.3) is 0 Å². The molecule has 1 aliphatic carbocycles. The molecular formula is C14H20BrNO2. The first-order valence-corrected chi connectivity index (χ1v) is 7.57. The highest BCUT2D eigenvalue weighted by molar-refractivity contribution is 9.10. The van der Waals surface area contributed by atoms with Gasteiger partial charge >= 0.3 is 0 Å². The van der Waals surface area contributed by atoms with Gasteiger partial charge in [0.05, 0.1) is 11.9 Å². The van der Waals surface area contributed by atoms with Crippen molar-refractivity contribution in [2.24, 2.45) is 5.92 Å². The first-order valence-electron chi connectivity index (χ1n) is 6.78. The molecule has 1 aromatic heterocycles. The molecule has 3 rings (SSSR count). The summed E-state index contributed by atoms with van der Waals surface area (Å²) in [5.41, 5.74) is 1.44. The van der Waals surface area contributed by atoms with Gasteiger partial charge in [-0.2, -0.15) is 0 Å². The SMILES string of the molecule is CNC(c1ccoc1Br)C1CCOC2(CCC2)C1. The van der Waals surface area contributed by atoms with Crippen LogP contribution >= 0.6 is 15.9 Å². The van der Waals surface area contributed by atoms with Crippen LogP contribution < -0.4 is 5.32 Å². The first-order chi connectivity index (χ1) is 8.74. The topological polar surface area (TPSA) is 34.4 Å². The van der Waals surface area contributed by atoms with E-state index in [4.69, 9.17) is 9.15 Å². The molecule has 1 aromatic rings. The summed E-state index contributed by atoms with van der Waals surface area (Å²) in [6.07, 6.45) is 7.87. The van der Waals surface area contributed by atoms with Crippen molar-refractivity contribution in [1.82, 2.24) is 5.32 Å². The Balaban J connectivity index is 1.77. The van der Waals surface area contributed by atoms with Gasteiger partial charge in [0.1, 0.15) is 0 Å². The number of halogens is 1. The van der Waals surface area contributed by atoms with Crippen molar-refractivity contribution in [1.29, 1.82) is 0 Å². The lowest BCUT2D eigenvalue weighted by molar-refractivity contribution is -0.147. The summed E-state index contributed by atoms with van der Waals surface area (Å²) < 4.78 is 12.2. The van der Waals surface area contributed by atoms with Gasteiger partial charge in [-0.3, -0.25) is 0 Å². The van der Waals surface area contributed by atoms with E-state index in [9.17, 15) is 0 Å². The molecule has 2 unspecified atom stereocenters. The Labute approximate surface area is 116 Å². The third-order valence-electron chi connectivity index (χ3n) is 4.56.